The maximum atomic E-state index is 6.13. The normalized spacial score (nSPS) is 12.3. The molecule has 0 radical (unpaired) electrons. The molecule has 3 rings (SSSR count). The van der Waals surface area contributed by atoms with Gasteiger partial charge in [-0.05, 0) is 29.8 Å². The first-order valence-corrected chi connectivity index (χ1v) is 6.93. The van der Waals surface area contributed by atoms with Gasteiger partial charge in [0, 0.05) is 10.0 Å². The lowest BCUT2D eigenvalue weighted by molar-refractivity contribution is 0.367. The molecule has 0 saturated carbocycles. The third-order valence-corrected chi connectivity index (χ3v) is 3.50. The van der Waals surface area contributed by atoms with Gasteiger partial charge in [-0.25, -0.2) is 0 Å². The fraction of sp³-hybridized carbons (Fsp3) is 0.0667. The van der Waals surface area contributed by atoms with Gasteiger partial charge in [0.1, 0.15) is 6.04 Å². The van der Waals surface area contributed by atoms with Gasteiger partial charge < -0.3 is 10.3 Å². The Morgan fingerprint density at radius 3 is 2.40 bits per heavy atom. The maximum absolute atomic E-state index is 6.13. The third-order valence-electron chi connectivity index (χ3n) is 2.97. The Morgan fingerprint density at radius 1 is 1.00 bits per heavy atom. The van der Waals surface area contributed by atoms with Crippen molar-refractivity contribution in [3.8, 4) is 11.4 Å². The topological polar surface area (TPSA) is 64.9 Å². The first-order chi connectivity index (χ1) is 9.74. The van der Waals surface area contributed by atoms with Crippen molar-refractivity contribution in [2.75, 3.05) is 0 Å². The Labute approximate surface area is 124 Å². The van der Waals surface area contributed by atoms with Crippen LogP contribution in [0.15, 0.2) is 63.6 Å². The standard InChI is InChI=1S/C15H12BrN3O/c16-12-8-6-11(7-9-12)14-18-15(20-19-14)13(17)10-4-2-1-3-5-10/h1-9,13H,17H2. The zero-order valence-corrected chi connectivity index (χ0v) is 12.1. The molecule has 0 aliphatic rings. The predicted octanol–water partition coefficient (Wildman–Crippen LogP) is 3.55. The highest BCUT2D eigenvalue weighted by atomic mass is 79.9. The van der Waals surface area contributed by atoms with Crippen LogP contribution < -0.4 is 5.73 Å². The van der Waals surface area contributed by atoms with Crippen molar-refractivity contribution in [3.63, 3.8) is 0 Å². The number of aromatic nitrogens is 2. The smallest absolute Gasteiger partial charge is 0.248 e. The number of nitrogens with zero attached hydrogens (tertiary/aromatic N) is 2. The van der Waals surface area contributed by atoms with Gasteiger partial charge in [-0.15, -0.1) is 0 Å². The van der Waals surface area contributed by atoms with Crippen LogP contribution in [0.1, 0.15) is 17.5 Å². The highest BCUT2D eigenvalue weighted by Crippen LogP contribution is 2.22. The second kappa shape index (κ2) is 5.56. The average Bonchev–Trinajstić information content (AvgIpc) is 2.98. The zero-order chi connectivity index (χ0) is 13.9. The molecule has 20 heavy (non-hydrogen) atoms. The van der Waals surface area contributed by atoms with Crippen molar-refractivity contribution in [1.82, 2.24) is 10.1 Å². The van der Waals surface area contributed by atoms with Crippen molar-refractivity contribution in [1.29, 1.82) is 0 Å². The number of rotatable bonds is 3. The first-order valence-electron chi connectivity index (χ1n) is 6.14. The predicted molar refractivity (Wildman–Crippen MR) is 79.9 cm³/mol. The molecule has 0 aliphatic carbocycles. The Balaban J connectivity index is 1.89. The molecule has 5 heteroatoms. The molecule has 0 aliphatic heterocycles. The summed E-state index contributed by atoms with van der Waals surface area (Å²) in [5.41, 5.74) is 7.96. The van der Waals surface area contributed by atoms with Crippen molar-refractivity contribution >= 4 is 15.9 Å². The minimum atomic E-state index is -0.409. The molecule has 0 amide bonds. The number of benzene rings is 2. The highest BCUT2D eigenvalue weighted by molar-refractivity contribution is 9.10. The summed E-state index contributed by atoms with van der Waals surface area (Å²) in [5.74, 6) is 0.952. The second-order valence-electron chi connectivity index (χ2n) is 4.35. The van der Waals surface area contributed by atoms with Gasteiger partial charge in [-0.1, -0.05) is 51.4 Å². The molecular weight excluding hydrogens is 318 g/mol. The van der Waals surface area contributed by atoms with Crippen molar-refractivity contribution in [2.45, 2.75) is 6.04 Å². The van der Waals surface area contributed by atoms with Gasteiger partial charge in [0.25, 0.3) is 0 Å². The minimum Gasteiger partial charge on any atom is -0.337 e. The van der Waals surface area contributed by atoms with Crippen LogP contribution in [0, 0.1) is 0 Å². The lowest BCUT2D eigenvalue weighted by atomic mass is 10.1. The Hall–Kier alpha value is -1.98. The quantitative estimate of drug-likeness (QED) is 0.798. The van der Waals surface area contributed by atoms with E-state index in [9.17, 15) is 0 Å². The molecule has 1 aromatic heterocycles. The lowest BCUT2D eigenvalue weighted by Gasteiger charge is -2.05. The van der Waals surface area contributed by atoms with Crippen LogP contribution in [0.2, 0.25) is 0 Å². The molecule has 0 bridgehead atoms. The van der Waals surface area contributed by atoms with E-state index in [0.717, 1.165) is 15.6 Å². The number of hydrogen-bond donors (Lipinski definition) is 1. The van der Waals surface area contributed by atoms with Gasteiger partial charge in [-0.2, -0.15) is 4.98 Å². The SMILES string of the molecule is NC(c1ccccc1)c1nc(-c2ccc(Br)cc2)no1. The molecule has 3 aromatic rings. The molecule has 2 aromatic carbocycles. The van der Waals surface area contributed by atoms with E-state index >= 15 is 0 Å². The first kappa shape index (κ1) is 13.0. The van der Waals surface area contributed by atoms with Gasteiger partial charge in [0.15, 0.2) is 0 Å². The van der Waals surface area contributed by atoms with Crippen LogP contribution in [0.4, 0.5) is 0 Å². The van der Waals surface area contributed by atoms with Gasteiger partial charge in [-0.3, -0.25) is 0 Å². The number of nitrogens with two attached hydrogens (primary N) is 1. The van der Waals surface area contributed by atoms with Crippen LogP contribution in [-0.4, -0.2) is 10.1 Å². The van der Waals surface area contributed by atoms with Gasteiger partial charge in [0.05, 0.1) is 0 Å². The molecule has 1 unspecified atom stereocenters. The summed E-state index contributed by atoms with van der Waals surface area (Å²) in [7, 11) is 0. The van der Waals surface area contributed by atoms with Crippen LogP contribution >= 0.6 is 15.9 Å². The zero-order valence-electron chi connectivity index (χ0n) is 10.5. The largest absolute Gasteiger partial charge is 0.337 e. The van der Waals surface area contributed by atoms with Gasteiger partial charge in [0.2, 0.25) is 11.7 Å². The summed E-state index contributed by atoms with van der Waals surface area (Å²) in [6.45, 7) is 0. The summed E-state index contributed by atoms with van der Waals surface area (Å²) in [6.07, 6.45) is 0. The van der Waals surface area contributed by atoms with E-state index in [4.69, 9.17) is 10.3 Å². The molecule has 100 valence electrons. The Kier molecular flexibility index (Phi) is 3.62. The summed E-state index contributed by atoms with van der Waals surface area (Å²) in [5, 5.41) is 3.98. The summed E-state index contributed by atoms with van der Waals surface area (Å²) in [6, 6.07) is 17.0. The summed E-state index contributed by atoms with van der Waals surface area (Å²) < 4.78 is 6.27. The molecule has 1 atom stereocenters. The van der Waals surface area contributed by atoms with Crippen LogP contribution in [0.5, 0.6) is 0 Å². The summed E-state index contributed by atoms with van der Waals surface area (Å²) >= 11 is 3.39. The van der Waals surface area contributed by atoms with Crippen LogP contribution in [-0.2, 0) is 0 Å². The van der Waals surface area contributed by atoms with E-state index in [1.54, 1.807) is 0 Å². The monoisotopic (exact) mass is 329 g/mol. The fourth-order valence-electron chi connectivity index (χ4n) is 1.88. The molecule has 0 saturated heterocycles. The molecule has 1 heterocycles. The average molecular weight is 330 g/mol. The van der Waals surface area contributed by atoms with Crippen LogP contribution in [0.25, 0.3) is 11.4 Å². The van der Waals surface area contributed by atoms with Gasteiger partial charge >= 0.3 is 0 Å². The van der Waals surface area contributed by atoms with Crippen molar-refractivity contribution in [3.05, 3.63) is 70.5 Å². The fourth-order valence-corrected chi connectivity index (χ4v) is 2.15. The molecule has 0 spiro atoms. The van der Waals surface area contributed by atoms with E-state index in [2.05, 4.69) is 26.1 Å². The number of hydrogen-bond acceptors (Lipinski definition) is 4. The summed E-state index contributed by atoms with van der Waals surface area (Å²) in [4.78, 5) is 4.37. The van der Waals surface area contributed by atoms with E-state index in [1.165, 1.54) is 0 Å². The van der Waals surface area contributed by atoms with Crippen molar-refractivity contribution < 1.29 is 4.52 Å². The third kappa shape index (κ3) is 2.64. The maximum Gasteiger partial charge on any atom is 0.248 e. The van der Waals surface area contributed by atoms with E-state index < -0.39 is 6.04 Å². The van der Waals surface area contributed by atoms with Crippen LogP contribution in [0.3, 0.4) is 0 Å². The van der Waals surface area contributed by atoms with E-state index in [1.807, 2.05) is 54.6 Å². The Morgan fingerprint density at radius 2 is 1.70 bits per heavy atom. The number of halogens is 1. The van der Waals surface area contributed by atoms with E-state index in [0.29, 0.717) is 11.7 Å². The molecule has 4 nitrogen and oxygen atoms in total. The minimum absolute atomic E-state index is 0.409. The van der Waals surface area contributed by atoms with E-state index in [-0.39, 0.29) is 0 Å². The lowest BCUT2D eigenvalue weighted by Crippen LogP contribution is -2.11. The Bertz CT molecular complexity index is 695. The molecule has 0 fully saturated rings. The molecule has 2 N–H and O–H groups in total. The second-order valence-corrected chi connectivity index (χ2v) is 5.27. The molecular formula is C15H12BrN3O. The highest BCUT2D eigenvalue weighted by Gasteiger charge is 2.17. The van der Waals surface area contributed by atoms with Crippen molar-refractivity contribution in [2.24, 2.45) is 5.73 Å².